The number of nitrogens with zero attached hydrogens (tertiary/aromatic N) is 1. The van der Waals surface area contributed by atoms with E-state index in [0.717, 1.165) is 12.1 Å². The summed E-state index contributed by atoms with van der Waals surface area (Å²) in [7, 11) is 0. The largest absolute Gasteiger partial charge is 0.387 e. The van der Waals surface area contributed by atoms with Gasteiger partial charge in [0.15, 0.2) is 0 Å². The van der Waals surface area contributed by atoms with E-state index in [1.165, 1.54) is 10.1 Å². The monoisotopic (exact) mass is 204 g/mol. The summed E-state index contributed by atoms with van der Waals surface area (Å²) in [5, 5.41) is 3.31. The van der Waals surface area contributed by atoms with Crippen LogP contribution in [0.1, 0.15) is 13.3 Å². The van der Waals surface area contributed by atoms with Crippen LogP contribution >= 0.6 is 11.3 Å². The first-order valence-corrected chi connectivity index (χ1v) is 5.48. The summed E-state index contributed by atoms with van der Waals surface area (Å²) in [6, 6.07) is 8.20. The van der Waals surface area contributed by atoms with Gasteiger partial charge >= 0.3 is 0 Å². The molecule has 0 saturated carbocycles. The number of thiophene rings is 1. The normalized spacial score (nSPS) is 12.2. The zero-order valence-corrected chi connectivity index (χ0v) is 8.84. The average molecular weight is 204 g/mol. The van der Waals surface area contributed by atoms with Crippen molar-refractivity contribution in [3.05, 3.63) is 29.6 Å². The van der Waals surface area contributed by atoms with Crippen molar-refractivity contribution in [1.29, 1.82) is 0 Å². The minimum Gasteiger partial charge on any atom is -0.387 e. The molecule has 0 saturated heterocycles. The van der Waals surface area contributed by atoms with Gasteiger partial charge in [0.1, 0.15) is 0 Å². The summed E-state index contributed by atoms with van der Waals surface area (Å²) in [6.07, 6.45) is 0.793. The minimum absolute atomic E-state index is 0.686. The van der Waals surface area contributed by atoms with E-state index in [-0.39, 0.29) is 0 Å². The fourth-order valence-corrected chi connectivity index (χ4v) is 2.16. The van der Waals surface area contributed by atoms with E-state index < -0.39 is 0 Å². The van der Waals surface area contributed by atoms with Crippen molar-refractivity contribution in [1.82, 2.24) is 0 Å². The van der Waals surface area contributed by atoms with Gasteiger partial charge < -0.3 is 5.73 Å². The molecule has 0 spiro atoms. The second-order valence-electron chi connectivity index (χ2n) is 3.07. The van der Waals surface area contributed by atoms with E-state index >= 15 is 0 Å². The molecular formula is C11H12N2S. The Morgan fingerprint density at radius 3 is 3.07 bits per heavy atom. The maximum Gasteiger partial charge on any atom is 0.0994 e. The number of amidine groups is 1. The smallest absolute Gasteiger partial charge is 0.0994 e. The number of hydrogen-bond acceptors (Lipinski definition) is 2. The lowest BCUT2D eigenvalue weighted by atomic mass is 10.2. The lowest BCUT2D eigenvalue weighted by Crippen LogP contribution is -2.08. The molecule has 0 fully saturated rings. The summed E-state index contributed by atoms with van der Waals surface area (Å²) in [5.74, 6) is 0.686. The molecule has 0 unspecified atom stereocenters. The molecule has 1 aromatic carbocycles. The van der Waals surface area contributed by atoms with Gasteiger partial charge in [-0.25, -0.2) is 4.99 Å². The molecule has 0 amide bonds. The highest BCUT2D eigenvalue weighted by atomic mass is 32.1. The molecule has 2 nitrogen and oxygen atoms in total. The SMILES string of the molecule is CCC(N)=Nc1cccc2ccsc12. The lowest BCUT2D eigenvalue weighted by Gasteiger charge is -1.98. The van der Waals surface area contributed by atoms with Crippen molar-refractivity contribution < 1.29 is 0 Å². The summed E-state index contributed by atoms with van der Waals surface area (Å²) in [5.41, 5.74) is 6.70. The van der Waals surface area contributed by atoms with Crippen molar-refractivity contribution in [2.75, 3.05) is 0 Å². The van der Waals surface area contributed by atoms with Crippen LogP contribution in [0.5, 0.6) is 0 Å². The van der Waals surface area contributed by atoms with Gasteiger partial charge in [-0.2, -0.15) is 0 Å². The highest BCUT2D eigenvalue weighted by Gasteiger charge is 2.00. The second-order valence-corrected chi connectivity index (χ2v) is 3.99. The van der Waals surface area contributed by atoms with Gasteiger partial charge in [-0.15, -0.1) is 11.3 Å². The average Bonchev–Trinajstić information content (AvgIpc) is 2.66. The Kier molecular flexibility index (Phi) is 2.50. The van der Waals surface area contributed by atoms with E-state index in [2.05, 4.69) is 22.5 Å². The molecule has 2 aromatic rings. The highest BCUT2D eigenvalue weighted by Crippen LogP contribution is 2.30. The van der Waals surface area contributed by atoms with Crippen LogP contribution in [-0.2, 0) is 0 Å². The zero-order chi connectivity index (χ0) is 9.97. The fraction of sp³-hybridized carbons (Fsp3) is 0.182. The predicted molar refractivity (Wildman–Crippen MR) is 63.4 cm³/mol. The maximum absolute atomic E-state index is 5.72. The van der Waals surface area contributed by atoms with Gasteiger partial charge in [-0.1, -0.05) is 19.1 Å². The maximum atomic E-state index is 5.72. The Bertz CT molecular complexity index is 471. The third-order valence-corrected chi connectivity index (χ3v) is 3.04. The van der Waals surface area contributed by atoms with Crippen molar-refractivity contribution in [2.45, 2.75) is 13.3 Å². The minimum atomic E-state index is 0.686. The number of fused-ring (bicyclic) bond motifs is 1. The van der Waals surface area contributed by atoms with Gasteiger partial charge in [-0.3, -0.25) is 0 Å². The Balaban J connectivity index is 2.56. The summed E-state index contributed by atoms with van der Waals surface area (Å²) < 4.78 is 1.21. The Morgan fingerprint density at radius 1 is 1.43 bits per heavy atom. The summed E-state index contributed by atoms with van der Waals surface area (Å²) in [4.78, 5) is 4.38. The van der Waals surface area contributed by atoms with Crippen LogP contribution in [-0.4, -0.2) is 5.84 Å². The van der Waals surface area contributed by atoms with Crippen LogP contribution in [0, 0.1) is 0 Å². The van der Waals surface area contributed by atoms with E-state index in [1.807, 2.05) is 19.1 Å². The van der Waals surface area contributed by atoms with Crippen molar-refractivity contribution >= 4 is 32.9 Å². The van der Waals surface area contributed by atoms with Crippen LogP contribution in [0.3, 0.4) is 0 Å². The standard InChI is InChI=1S/C11H12N2S/c1-2-10(12)13-9-5-3-4-8-6-7-14-11(8)9/h3-7H,2H2,1H3,(H2,12,13). The van der Waals surface area contributed by atoms with Gasteiger partial charge in [0, 0.05) is 6.42 Å². The van der Waals surface area contributed by atoms with E-state index in [9.17, 15) is 0 Å². The van der Waals surface area contributed by atoms with Crippen LogP contribution < -0.4 is 5.73 Å². The Hall–Kier alpha value is -1.35. The fourth-order valence-electron chi connectivity index (χ4n) is 1.30. The molecule has 0 aliphatic heterocycles. The van der Waals surface area contributed by atoms with Crippen LogP contribution in [0.2, 0.25) is 0 Å². The molecule has 0 radical (unpaired) electrons. The first kappa shape index (κ1) is 9.21. The molecule has 0 bridgehead atoms. The van der Waals surface area contributed by atoms with Gasteiger partial charge in [0.2, 0.25) is 0 Å². The number of nitrogens with two attached hydrogens (primary N) is 1. The lowest BCUT2D eigenvalue weighted by molar-refractivity contribution is 1.24. The first-order valence-electron chi connectivity index (χ1n) is 4.60. The quantitative estimate of drug-likeness (QED) is 0.591. The molecule has 1 heterocycles. The summed E-state index contributed by atoms with van der Waals surface area (Å²) >= 11 is 1.70. The topological polar surface area (TPSA) is 38.4 Å². The molecule has 0 atom stereocenters. The van der Waals surface area contributed by atoms with E-state index in [1.54, 1.807) is 11.3 Å². The molecule has 14 heavy (non-hydrogen) atoms. The first-order chi connectivity index (χ1) is 6.81. The number of rotatable bonds is 2. The predicted octanol–water partition coefficient (Wildman–Crippen LogP) is 3.30. The summed E-state index contributed by atoms with van der Waals surface area (Å²) in [6.45, 7) is 2.01. The van der Waals surface area contributed by atoms with Crippen LogP contribution in [0.25, 0.3) is 10.1 Å². The van der Waals surface area contributed by atoms with E-state index in [4.69, 9.17) is 5.73 Å². The third-order valence-electron chi connectivity index (χ3n) is 2.08. The van der Waals surface area contributed by atoms with Gasteiger partial charge in [0.05, 0.1) is 16.2 Å². The van der Waals surface area contributed by atoms with Crippen LogP contribution in [0.15, 0.2) is 34.6 Å². The molecule has 0 aliphatic carbocycles. The molecule has 2 rings (SSSR count). The van der Waals surface area contributed by atoms with Gasteiger partial charge in [-0.05, 0) is 22.9 Å². The molecular weight excluding hydrogens is 192 g/mol. The molecule has 2 N–H and O–H groups in total. The highest BCUT2D eigenvalue weighted by molar-refractivity contribution is 7.17. The molecule has 0 aliphatic rings. The number of hydrogen-bond donors (Lipinski definition) is 1. The Morgan fingerprint density at radius 2 is 2.29 bits per heavy atom. The molecule has 3 heteroatoms. The second kappa shape index (κ2) is 3.80. The zero-order valence-electron chi connectivity index (χ0n) is 8.03. The third kappa shape index (κ3) is 1.63. The van der Waals surface area contributed by atoms with E-state index in [0.29, 0.717) is 5.84 Å². The molecule has 1 aromatic heterocycles. The van der Waals surface area contributed by atoms with Crippen molar-refractivity contribution in [3.8, 4) is 0 Å². The molecule has 72 valence electrons. The van der Waals surface area contributed by atoms with Crippen molar-refractivity contribution in [2.24, 2.45) is 10.7 Å². The Labute approximate surface area is 87.1 Å². The number of benzene rings is 1. The van der Waals surface area contributed by atoms with Crippen LogP contribution in [0.4, 0.5) is 5.69 Å². The number of aliphatic imine (C=N–C) groups is 1. The van der Waals surface area contributed by atoms with Crippen molar-refractivity contribution in [3.63, 3.8) is 0 Å². The van der Waals surface area contributed by atoms with Gasteiger partial charge in [0.25, 0.3) is 0 Å².